The molecule has 0 bridgehead atoms. The molecular weight excluding hydrogens is 452 g/mol. The summed E-state index contributed by atoms with van der Waals surface area (Å²) < 4.78 is 35.0. The molecule has 1 aliphatic heterocycles. The van der Waals surface area contributed by atoms with Crippen molar-refractivity contribution in [3.05, 3.63) is 48.5 Å². The van der Waals surface area contributed by atoms with Crippen LogP contribution in [0.5, 0.6) is 5.75 Å². The van der Waals surface area contributed by atoms with Gasteiger partial charge in [-0.25, -0.2) is 8.42 Å². The van der Waals surface area contributed by atoms with Crippen LogP contribution in [-0.2, 0) is 14.8 Å². The largest absolute Gasteiger partial charge is 0.487 e. The molecule has 1 amide bonds. The number of carbonyl (C=O) groups excluding carboxylic acids is 1. The summed E-state index contributed by atoms with van der Waals surface area (Å²) in [5.74, 6) is 0.655. The maximum absolute atomic E-state index is 13.6. The van der Waals surface area contributed by atoms with Crippen LogP contribution in [0.3, 0.4) is 0 Å². The van der Waals surface area contributed by atoms with E-state index in [4.69, 9.17) is 4.74 Å². The third-order valence-corrected chi connectivity index (χ3v) is 8.83. The van der Waals surface area contributed by atoms with Crippen LogP contribution in [-0.4, -0.2) is 67.5 Å². The highest BCUT2D eigenvalue weighted by Gasteiger charge is 2.38. The summed E-state index contributed by atoms with van der Waals surface area (Å²) in [4.78, 5) is 14.4. The highest BCUT2D eigenvalue weighted by atomic mass is 32.2. The molecule has 2 aromatic carbocycles. The number of benzene rings is 2. The number of aliphatic hydroxyl groups is 1. The number of fused-ring (bicyclic) bond motifs is 1. The first kappa shape index (κ1) is 24.7. The zero-order valence-electron chi connectivity index (χ0n) is 20.1. The molecule has 0 unspecified atom stereocenters. The molecule has 1 saturated carbocycles. The van der Waals surface area contributed by atoms with Crippen molar-refractivity contribution in [3.63, 3.8) is 0 Å². The van der Waals surface area contributed by atoms with Gasteiger partial charge in [-0.2, -0.15) is 4.31 Å². The summed E-state index contributed by atoms with van der Waals surface area (Å²) in [6.45, 7) is 3.91. The predicted molar refractivity (Wildman–Crippen MR) is 131 cm³/mol. The van der Waals surface area contributed by atoms with E-state index < -0.39 is 22.2 Å². The molecule has 1 fully saturated rings. The van der Waals surface area contributed by atoms with E-state index in [1.165, 1.54) is 4.31 Å². The van der Waals surface area contributed by atoms with E-state index in [1.807, 2.05) is 37.3 Å². The van der Waals surface area contributed by atoms with Crippen molar-refractivity contribution in [2.45, 2.75) is 50.2 Å². The Morgan fingerprint density at radius 2 is 1.88 bits per heavy atom. The lowest BCUT2D eigenvalue weighted by molar-refractivity contribution is -0.131. The average Bonchev–Trinajstić information content (AvgIpc) is 3.65. The third kappa shape index (κ3) is 5.29. The summed E-state index contributed by atoms with van der Waals surface area (Å²) in [6.07, 6.45) is 2.37. The van der Waals surface area contributed by atoms with Gasteiger partial charge in [0.25, 0.3) is 0 Å². The number of nitrogens with zero attached hydrogens (tertiary/aromatic N) is 2. The average molecular weight is 487 g/mol. The van der Waals surface area contributed by atoms with Gasteiger partial charge in [0, 0.05) is 32.0 Å². The molecule has 0 saturated heterocycles. The van der Waals surface area contributed by atoms with Gasteiger partial charge >= 0.3 is 0 Å². The Bertz CT molecular complexity index is 1120. The van der Waals surface area contributed by atoms with Gasteiger partial charge in [0.1, 0.15) is 16.7 Å². The number of rotatable bonds is 7. The molecule has 1 heterocycles. The molecule has 34 heavy (non-hydrogen) atoms. The van der Waals surface area contributed by atoms with E-state index >= 15 is 0 Å². The first-order valence-corrected chi connectivity index (χ1v) is 13.4. The minimum Gasteiger partial charge on any atom is -0.487 e. The predicted octanol–water partition coefficient (Wildman–Crippen LogP) is 3.38. The first-order chi connectivity index (χ1) is 16.2. The van der Waals surface area contributed by atoms with Crippen LogP contribution in [0.25, 0.3) is 11.1 Å². The highest BCUT2D eigenvalue weighted by Crippen LogP contribution is 2.37. The fourth-order valence-electron chi connectivity index (χ4n) is 4.35. The van der Waals surface area contributed by atoms with Crippen LogP contribution in [0.15, 0.2) is 53.4 Å². The maximum atomic E-state index is 13.6. The van der Waals surface area contributed by atoms with Crippen LogP contribution in [0, 0.1) is 11.8 Å². The topological polar surface area (TPSA) is 87.2 Å². The maximum Gasteiger partial charge on any atom is 0.247 e. The number of amides is 1. The fraction of sp³-hybridized carbons (Fsp3) is 0.500. The first-order valence-electron chi connectivity index (χ1n) is 11.9. The van der Waals surface area contributed by atoms with E-state index in [9.17, 15) is 18.3 Å². The summed E-state index contributed by atoms with van der Waals surface area (Å²) in [5.41, 5.74) is 1.80. The van der Waals surface area contributed by atoms with Gasteiger partial charge in [0.05, 0.1) is 13.2 Å². The van der Waals surface area contributed by atoms with E-state index in [2.05, 4.69) is 0 Å². The van der Waals surface area contributed by atoms with Gasteiger partial charge in [0.15, 0.2) is 0 Å². The number of hydrogen-bond acceptors (Lipinski definition) is 5. The van der Waals surface area contributed by atoms with Crippen molar-refractivity contribution in [1.82, 2.24) is 9.21 Å². The second-order valence-electron chi connectivity index (χ2n) is 9.69. The summed E-state index contributed by atoms with van der Waals surface area (Å²) >= 11 is 0. The molecule has 0 spiro atoms. The van der Waals surface area contributed by atoms with Crippen LogP contribution < -0.4 is 4.74 Å². The number of sulfonamides is 1. The monoisotopic (exact) mass is 486 g/mol. The molecule has 7 nitrogen and oxygen atoms in total. The van der Waals surface area contributed by atoms with Crippen molar-refractivity contribution in [3.8, 4) is 16.9 Å². The van der Waals surface area contributed by atoms with Gasteiger partial charge in [-0.15, -0.1) is 0 Å². The summed E-state index contributed by atoms with van der Waals surface area (Å²) in [5, 5.41) is 9.79. The lowest BCUT2D eigenvalue weighted by Gasteiger charge is -2.37. The second-order valence-corrected chi connectivity index (χ2v) is 11.5. The minimum absolute atomic E-state index is 0.0799. The van der Waals surface area contributed by atoms with Gasteiger partial charge in [-0.05, 0) is 48.9 Å². The molecule has 3 atom stereocenters. The molecule has 2 aromatic rings. The van der Waals surface area contributed by atoms with Crippen molar-refractivity contribution >= 4 is 15.9 Å². The Hall–Kier alpha value is -2.42. The molecule has 4 rings (SSSR count). The lowest BCUT2D eigenvalue weighted by Crippen LogP contribution is -2.50. The van der Waals surface area contributed by atoms with Crippen molar-refractivity contribution in [1.29, 1.82) is 0 Å². The van der Waals surface area contributed by atoms with Crippen molar-refractivity contribution < 1.29 is 23.1 Å². The Labute approximate surface area is 202 Å². The highest BCUT2D eigenvalue weighted by molar-refractivity contribution is 7.89. The Kier molecular flexibility index (Phi) is 7.31. The van der Waals surface area contributed by atoms with E-state index in [0.29, 0.717) is 18.9 Å². The summed E-state index contributed by atoms with van der Waals surface area (Å²) in [6, 6.07) is 14.3. The standard InChI is InChI=1S/C26H34N2O5S/c1-18-15-28(19(2)17-29)34(31,32)25-12-11-22(21-7-5-4-6-8-21)14-23(25)33-24(18)16-27(3)26(30)13-20-9-10-20/h4-8,11-12,14,18-20,24,29H,9-10,13,15-17H2,1-3H3/t18-,19-,24+/m0/s1. The Balaban J connectivity index is 1.72. The quantitative estimate of drug-likeness (QED) is 0.648. The van der Waals surface area contributed by atoms with Crippen molar-refractivity contribution in [2.24, 2.45) is 11.8 Å². The molecular formula is C26H34N2O5S. The third-order valence-electron chi connectivity index (χ3n) is 6.81. The second kappa shape index (κ2) is 10.1. The smallest absolute Gasteiger partial charge is 0.247 e. The van der Waals surface area contributed by atoms with E-state index in [0.717, 1.165) is 24.0 Å². The zero-order chi connectivity index (χ0) is 24.5. The number of hydrogen-bond donors (Lipinski definition) is 1. The number of aliphatic hydroxyl groups excluding tert-OH is 1. The van der Waals surface area contributed by atoms with Crippen molar-refractivity contribution in [2.75, 3.05) is 26.7 Å². The molecule has 8 heteroatoms. The van der Waals surface area contributed by atoms with Crippen LogP contribution in [0.4, 0.5) is 0 Å². The molecule has 0 aromatic heterocycles. The lowest BCUT2D eigenvalue weighted by atomic mass is 10.0. The molecule has 0 radical (unpaired) electrons. The van der Waals surface area contributed by atoms with Crippen LogP contribution in [0.1, 0.15) is 33.1 Å². The fourth-order valence-corrected chi connectivity index (χ4v) is 6.18. The van der Waals surface area contributed by atoms with Gasteiger partial charge in [0.2, 0.25) is 15.9 Å². The SMILES string of the molecule is C[C@H]1CN([C@@H](C)CO)S(=O)(=O)c2ccc(-c3ccccc3)cc2O[C@@H]1CN(C)C(=O)CC1CC1. The normalized spacial score (nSPS) is 23.2. The van der Waals surface area contributed by atoms with E-state index in [-0.39, 0.29) is 35.6 Å². The number of ether oxygens (including phenoxy) is 1. The van der Waals surface area contributed by atoms with Gasteiger partial charge in [-0.1, -0.05) is 43.3 Å². The zero-order valence-corrected chi connectivity index (χ0v) is 20.9. The van der Waals surface area contributed by atoms with Crippen LogP contribution in [0.2, 0.25) is 0 Å². The Morgan fingerprint density at radius 3 is 2.53 bits per heavy atom. The number of carbonyl (C=O) groups is 1. The molecule has 184 valence electrons. The molecule has 2 aliphatic rings. The minimum atomic E-state index is -3.89. The van der Waals surface area contributed by atoms with Gasteiger partial charge < -0.3 is 14.7 Å². The van der Waals surface area contributed by atoms with E-state index in [1.54, 1.807) is 37.1 Å². The molecule has 1 N–H and O–H groups in total. The number of likely N-dealkylation sites (N-methyl/N-ethyl adjacent to an activating group) is 1. The summed E-state index contributed by atoms with van der Waals surface area (Å²) in [7, 11) is -2.11. The van der Waals surface area contributed by atoms with Crippen LogP contribution >= 0.6 is 0 Å². The van der Waals surface area contributed by atoms with Gasteiger partial charge in [-0.3, -0.25) is 4.79 Å². The molecule has 1 aliphatic carbocycles. The Morgan fingerprint density at radius 1 is 1.18 bits per heavy atom.